The Labute approximate surface area is 145 Å². The van der Waals surface area contributed by atoms with Crippen molar-refractivity contribution in [3.05, 3.63) is 50.2 Å². The van der Waals surface area contributed by atoms with Gasteiger partial charge in [0.15, 0.2) is 11.0 Å². The summed E-state index contributed by atoms with van der Waals surface area (Å²) >= 11 is 2.03. The van der Waals surface area contributed by atoms with Crippen LogP contribution in [0.5, 0.6) is 17.2 Å². The molecule has 3 rings (SSSR count). The minimum atomic E-state index is -0.310. The maximum atomic E-state index is 12.4. The van der Waals surface area contributed by atoms with E-state index in [0.29, 0.717) is 26.4 Å². The molecule has 1 aromatic heterocycles. The van der Waals surface area contributed by atoms with Crippen molar-refractivity contribution >= 4 is 33.6 Å². The molecule has 0 atom stereocenters. The quantitative estimate of drug-likeness (QED) is 0.649. The fourth-order valence-electron chi connectivity index (χ4n) is 2.31. The zero-order valence-electron chi connectivity index (χ0n) is 12.4. The summed E-state index contributed by atoms with van der Waals surface area (Å²) in [5.41, 5.74) is 0.735. The van der Waals surface area contributed by atoms with Gasteiger partial charge in [0, 0.05) is 17.7 Å². The van der Waals surface area contributed by atoms with Gasteiger partial charge in [0.05, 0.1) is 17.8 Å². The molecule has 3 aromatic rings. The number of methoxy groups -OCH3 is 2. The summed E-state index contributed by atoms with van der Waals surface area (Å²) in [6.07, 6.45) is 0. The molecule has 6 heteroatoms. The first-order chi connectivity index (χ1) is 11.0. The molecule has 118 valence electrons. The Balaban J connectivity index is 2.27. The summed E-state index contributed by atoms with van der Waals surface area (Å²) in [7, 11) is 3.08. The van der Waals surface area contributed by atoms with Crippen LogP contribution in [0.1, 0.15) is 0 Å². The standard InChI is InChI=1S/C17H13IO5/c1-21-10-5-3-9(4-6-10)13-7-11(19)15-12(20)8-14(22-2)16(18)17(15)23-13/h3-8,20H,1-2H3. The number of hydrogen-bond donors (Lipinski definition) is 1. The predicted molar refractivity (Wildman–Crippen MR) is 95.4 cm³/mol. The largest absolute Gasteiger partial charge is 0.507 e. The molecule has 23 heavy (non-hydrogen) atoms. The van der Waals surface area contributed by atoms with Crippen molar-refractivity contribution < 1.29 is 19.0 Å². The minimum Gasteiger partial charge on any atom is -0.507 e. The van der Waals surface area contributed by atoms with E-state index in [1.807, 2.05) is 22.6 Å². The van der Waals surface area contributed by atoms with Gasteiger partial charge in [-0.1, -0.05) is 0 Å². The van der Waals surface area contributed by atoms with Gasteiger partial charge in [-0.2, -0.15) is 0 Å². The van der Waals surface area contributed by atoms with Crippen LogP contribution < -0.4 is 14.9 Å². The van der Waals surface area contributed by atoms with Gasteiger partial charge in [0.25, 0.3) is 0 Å². The topological polar surface area (TPSA) is 68.9 Å². The Hall–Kier alpha value is -2.22. The molecule has 0 aliphatic heterocycles. The fourth-order valence-corrected chi connectivity index (χ4v) is 3.06. The Kier molecular flexibility index (Phi) is 4.16. The third kappa shape index (κ3) is 2.74. The van der Waals surface area contributed by atoms with E-state index in [9.17, 15) is 9.90 Å². The lowest BCUT2D eigenvalue weighted by molar-refractivity contribution is 0.405. The summed E-state index contributed by atoms with van der Waals surface area (Å²) in [4.78, 5) is 12.4. The van der Waals surface area contributed by atoms with Crippen LogP contribution in [0, 0.1) is 3.57 Å². The lowest BCUT2D eigenvalue weighted by Gasteiger charge is -2.10. The second-order valence-corrected chi connectivity index (χ2v) is 5.90. The highest BCUT2D eigenvalue weighted by atomic mass is 127. The monoisotopic (exact) mass is 424 g/mol. The molecule has 0 unspecified atom stereocenters. The van der Waals surface area contributed by atoms with Crippen LogP contribution in [0.25, 0.3) is 22.3 Å². The Morgan fingerprint density at radius 3 is 2.39 bits per heavy atom. The van der Waals surface area contributed by atoms with Gasteiger partial charge in [-0.3, -0.25) is 4.79 Å². The molecular formula is C17H13IO5. The second kappa shape index (κ2) is 6.11. The zero-order valence-corrected chi connectivity index (χ0v) is 14.6. The summed E-state index contributed by atoms with van der Waals surface area (Å²) < 4.78 is 16.8. The van der Waals surface area contributed by atoms with Crippen LogP contribution in [0.4, 0.5) is 0 Å². The van der Waals surface area contributed by atoms with Gasteiger partial charge in [0.2, 0.25) is 0 Å². The summed E-state index contributed by atoms with van der Waals surface area (Å²) in [6.45, 7) is 0. The first-order valence-electron chi connectivity index (χ1n) is 6.73. The molecule has 1 N–H and O–H groups in total. The number of phenols is 1. The SMILES string of the molecule is COc1ccc(-c2cc(=O)c3c(O)cc(OC)c(I)c3o2)cc1. The minimum absolute atomic E-state index is 0.146. The highest BCUT2D eigenvalue weighted by Gasteiger charge is 2.17. The molecule has 5 nitrogen and oxygen atoms in total. The van der Waals surface area contributed by atoms with Crippen molar-refractivity contribution in [2.45, 2.75) is 0 Å². The van der Waals surface area contributed by atoms with Crippen LogP contribution in [-0.2, 0) is 0 Å². The molecule has 2 aromatic carbocycles. The van der Waals surface area contributed by atoms with E-state index in [1.165, 1.54) is 19.2 Å². The lowest BCUT2D eigenvalue weighted by Crippen LogP contribution is -2.03. The smallest absolute Gasteiger partial charge is 0.197 e. The molecule has 0 saturated heterocycles. The molecule has 1 heterocycles. The number of halogens is 1. The number of phenolic OH excluding ortho intramolecular Hbond substituents is 1. The van der Waals surface area contributed by atoms with Gasteiger partial charge in [0.1, 0.15) is 28.4 Å². The van der Waals surface area contributed by atoms with Crippen molar-refractivity contribution in [3.8, 4) is 28.6 Å². The molecule has 0 aliphatic carbocycles. The van der Waals surface area contributed by atoms with E-state index < -0.39 is 0 Å². The first kappa shape index (κ1) is 15.7. The van der Waals surface area contributed by atoms with Gasteiger partial charge >= 0.3 is 0 Å². The normalized spacial score (nSPS) is 10.7. The number of rotatable bonds is 3. The molecule has 0 aliphatic rings. The molecular weight excluding hydrogens is 411 g/mol. The Morgan fingerprint density at radius 1 is 1.09 bits per heavy atom. The van der Waals surface area contributed by atoms with Crippen LogP contribution in [-0.4, -0.2) is 19.3 Å². The maximum absolute atomic E-state index is 12.4. The average molecular weight is 424 g/mol. The highest BCUT2D eigenvalue weighted by molar-refractivity contribution is 14.1. The molecule has 0 radical (unpaired) electrons. The first-order valence-corrected chi connectivity index (χ1v) is 7.80. The Bertz CT molecular complexity index is 928. The molecule has 0 bridgehead atoms. The van der Waals surface area contributed by atoms with E-state index in [-0.39, 0.29) is 16.6 Å². The van der Waals surface area contributed by atoms with Gasteiger partial charge in [-0.05, 0) is 46.9 Å². The zero-order chi connectivity index (χ0) is 16.6. The number of benzene rings is 2. The average Bonchev–Trinajstić information content (AvgIpc) is 2.57. The van der Waals surface area contributed by atoms with Crippen molar-refractivity contribution in [2.75, 3.05) is 14.2 Å². The van der Waals surface area contributed by atoms with Crippen molar-refractivity contribution in [1.82, 2.24) is 0 Å². The van der Waals surface area contributed by atoms with E-state index in [4.69, 9.17) is 13.9 Å². The van der Waals surface area contributed by atoms with E-state index >= 15 is 0 Å². The number of fused-ring (bicyclic) bond motifs is 1. The number of aromatic hydroxyl groups is 1. The van der Waals surface area contributed by atoms with Crippen molar-refractivity contribution in [3.63, 3.8) is 0 Å². The Morgan fingerprint density at radius 2 is 1.78 bits per heavy atom. The second-order valence-electron chi connectivity index (χ2n) is 4.82. The summed E-state index contributed by atoms with van der Waals surface area (Å²) in [5.74, 6) is 1.42. The lowest BCUT2D eigenvalue weighted by atomic mass is 10.1. The highest BCUT2D eigenvalue weighted by Crippen LogP contribution is 2.36. The van der Waals surface area contributed by atoms with Crippen molar-refractivity contribution in [2.24, 2.45) is 0 Å². The van der Waals surface area contributed by atoms with Gasteiger partial charge < -0.3 is 19.0 Å². The molecule has 0 amide bonds. The predicted octanol–water partition coefficient (Wildman–Crippen LogP) is 3.79. The summed E-state index contributed by atoms with van der Waals surface area (Å²) in [5, 5.41) is 10.2. The van der Waals surface area contributed by atoms with Gasteiger partial charge in [-0.25, -0.2) is 0 Å². The molecule has 0 saturated carbocycles. The van der Waals surface area contributed by atoms with Crippen molar-refractivity contribution in [1.29, 1.82) is 0 Å². The van der Waals surface area contributed by atoms with Gasteiger partial charge in [-0.15, -0.1) is 0 Å². The molecule has 0 fully saturated rings. The van der Waals surface area contributed by atoms with E-state index in [2.05, 4.69) is 0 Å². The fraction of sp³-hybridized carbons (Fsp3) is 0.118. The number of ether oxygens (including phenoxy) is 2. The maximum Gasteiger partial charge on any atom is 0.197 e. The number of hydrogen-bond acceptors (Lipinski definition) is 5. The van der Waals surface area contributed by atoms with Crippen LogP contribution in [0.3, 0.4) is 0 Å². The van der Waals surface area contributed by atoms with E-state index in [1.54, 1.807) is 31.4 Å². The van der Waals surface area contributed by atoms with Crippen LogP contribution in [0.15, 0.2) is 45.6 Å². The third-order valence-corrected chi connectivity index (χ3v) is 4.50. The third-order valence-electron chi connectivity index (χ3n) is 3.48. The van der Waals surface area contributed by atoms with Crippen LogP contribution in [0.2, 0.25) is 0 Å². The summed E-state index contributed by atoms with van der Waals surface area (Å²) in [6, 6.07) is 9.95. The van der Waals surface area contributed by atoms with E-state index in [0.717, 1.165) is 5.56 Å². The molecule has 0 spiro atoms. The van der Waals surface area contributed by atoms with Crippen LogP contribution >= 0.6 is 22.6 Å².